The summed E-state index contributed by atoms with van der Waals surface area (Å²) < 4.78 is 11.0. The molecule has 8 atom stereocenters. The minimum Gasteiger partial charge on any atom is -0.459 e. The summed E-state index contributed by atoms with van der Waals surface area (Å²) in [6.07, 6.45) is 0.340. The zero-order valence-electron chi connectivity index (χ0n) is 17.5. The topological polar surface area (TPSA) is 113 Å². The van der Waals surface area contributed by atoms with Gasteiger partial charge in [0.15, 0.2) is 0 Å². The molecular formula is C22H30O7. The Morgan fingerprint density at radius 3 is 2.48 bits per heavy atom. The quantitative estimate of drug-likeness (QED) is 0.444. The summed E-state index contributed by atoms with van der Waals surface area (Å²) in [6.45, 7) is 8.87. The predicted molar refractivity (Wildman–Crippen MR) is 102 cm³/mol. The number of esters is 2. The maximum absolute atomic E-state index is 12.2. The number of fused-ring (bicyclic) bond motifs is 4. The van der Waals surface area contributed by atoms with Crippen LogP contribution < -0.4 is 0 Å². The van der Waals surface area contributed by atoms with Crippen LogP contribution in [-0.4, -0.2) is 57.3 Å². The van der Waals surface area contributed by atoms with Crippen LogP contribution in [0.15, 0.2) is 23.3 Å². The van der Waals surface area contributed by atoms with Gasteiger partial charge >= 0.3 is 11.9 Å². The minimum absolute atomic E-state index is 0.124. The van der Waals surface area contributed by atoms with Crippen LogP contribution in [0.1, 0.15) is 47.5 Å². The monoisotopic (exact) mass is 406 g/mol. The molecule has 7 nitrogen and oxygen atoms in total. The highest BCUT2D eigenvalue weighted by atomic mass is 16.6. The highest BCUT2D eigenvalue weighted by molar-refractivity contribution is 5.92. The number of hydrogen-bond donors (Lipinski definition) is 3. The zero-order chi connectivity index (χ0) is 21.5. The average Bonchev–Trinajstić information content (AvgIpc) is 2.90. The van der Waals surface area contributed by atoms with E-state index >= 15 is 0 Å². The Morgan fingerprint density at radius 1 is 1.21 bits per heavy atom. The third-order valence-electron chi connectivity index (χ3n) is 8.09. The van der Waals surface area contributed by atoms with Gasteiger partial charge < -0.3 is 24.8 Å². The molecule has 0 aromatic carbocycles. The number of carbonyl (C=O) groups excluding carboxylic acids is 2. The van der Waals surface area contributed by atoms with Crippen molar-refractivity contribution in [3.8, 4) is 0 Å². The standard InChI is InChI=1S/C22H30O7/c1-10-17-12(29-19(10)26)8-14-21(5)13(20(3,4)7-6-15(21)24)9-16(28-11(2)23)22(14,27)18(17)25/h6-7,12-16,18,24-25,27H,8-9H2,1-5H3. The van der Waals surface area contributed by atoms with Crippen molar-refractivity contribution in [1.82, 2.24) is 0 Å². The molecule has 160 valence electrons. The SMILES string of the molecule is CC(=O)OC1CC2C(C)(C)C=CC(O)C2(C)C2CC3OC(=O)C(C)=C3C(O)C12O. The van der Waals surface area contributed by atoms with E-state index in [9.17, 15) is 24.9 Å². The van der Waals surface area contributed by atoms with Crippen molar-refractivity contribution in [2.75, 3.05) is 0 Å². The first-order valence-electron chi connectivity index (χ1n) is 10.2. The fraction of sp³-hybridized carbons (Fsp3) is 0.727. The van der Waals surface area contributed by atoms with Crippen LogP contribution in [0.3, 0.4) is 0 Å². The van der Waals surface area contributed by atoms with Crippen LogP contribution in [-0.2, 0) is 19.1 Å². The van der Waals surface area contributed by atoms with E-state index in [1.54, 1.807) is 13.0 Å². The van der Waals surface area contributed by atoms with Crippen molar-refractivity contribution in [2.24, 2.45) is 22.7 Å². The number of aliphatic hydroxyl groups is 3. The lowest BCUT2D eigenvalue weighted by atomic mass is 9.42. The van der Waals surface area contributed by atoms with E-state index in [0.717, 1.165) is 0 Å². The summed E-state index contributed by atoms with van der Waals surface area (Å²) in [5.41, 5.74) is -2.32. The Labute approximate surface area is 170 Å². The lowest BCUT2D eigenvalue weighted by molar-refractivity contribution is -0.278. The fourth-order valence-electron chi connectivity index (χ4n) is 6.61. The van der Waals surface area contributed by atoms with Gasteiger partial charge in [0.1, 0.15) is 23.9 Å². The molecule has 4 aliphatic rings. The molecule has 0 aromatic heterocycles. The largest absolute Gasteiger partial charge is 0.459 e. The number of rotatable bonds is 1. The Kier molecular flexibility index (Phi) is 4.37. The van der Waals surface area contributed by atoms with Gasteiger partial charge in [-0.2, -0.15) is 0 Å². The lowest BCUT2D eigenvalue weighted by Crippen LogP contribution is -2.74. The summed E-state index contributed by atoms with van der Waals surface area (Å²) >= 11 is 0. The highest BCUT2D eigenvalue weighted by Gasteiger charge is 2.71. The molecule has 0 saturated heterocycles. The van der Waals surface area contributed by atoms with Gasteiger partial charge in [-0.1, -0.05) is 32.9 Å². The third-order valence-corrected chi connectivity index (χ3v) is 8.09. The molecule has 1 heterocycles. The smallest absolute Gasteiger partial charge is 0.334 e. The van der Waals surface area contributed by atoms with Crippen LogP contribution in [0.25, 0.3) is 0 Å². The molecule has 0 amide bonds. The van der Waals surface area contributed by atoms with Crippen molar-refractivity contribution < 1.29 is 34.4 Å². The second-order valence-corrected chi connectivity index (χ2v) is 9.93. The average molecular weight is 406 g/mol. The summed E-state index contributed by atoms with van der Waals surface area (Å²) in [4.78, 5) is 24.0. The second kappa shape index (κ2) is 6.15. The van der Waals surface area contributed by atoms with Crippen LogP contribution in [0.4, 0.5) is 0 Å². The van der Waals surface area contributed by atoms with Gasteiger partial charge in [0.05, 0.1) is 6.10 Å². The molecule has 8 unspecified atom stereocenters. The van der Waals surface area contributed by atoms with Gasteiger partial charge in [0.2, 0.25) is 0 Å². The molecule has 0 spiro atoms. The molecule has 2 fully saturated rings. The molecule has 7 heteroatoms. The molecule has 3 N–H and O–H groups in total. The van der Waals surface area contributed by atoms with Crippen molar-refractivity contribution >= 4 is 11.9 Å². The molecule has 29 heavy (non-hydrogen) atoms. The van der Waals surface area contributed by atoms with E-state index in [-0.39, 0.29) is 23.3 Å². The molecule has 4 rings (SSSR count). The van der Waals surface area contributed by atoms with Gasteiger partial charge in [-0.25, -0.2) is 4.79 Å². The molecule has 1 aliphatic heterocycles. The van der Waals surface area contributed by atoms with E-state index in [0.29, 0.717) is 12.0 Å². The van der Waals surface area contributed by atoms with Crippen LogP contribution in [0.5, 0.6) is 0 Å². The van der Waals surface area contributed by atoms with Crippen LogP contribution >= 0.6 is 0 Å². The van der Waals surface area contributed by atoms with E-state index in [2.05, 4.69) is 13.8 Å². The number of aliphatic hydroxyl groups excluding tert-OH is 2. The van der Waals surface area contributed by atoms with Gasteiger partial charge in [-0.15, -0.1) is 0 Å². The minimum atomic E-state index is -1.83. The maximum atomic E-state index is 12.2. The van der Waals surface area contributed by atoms with Gasteiger partial charge in [0, 0.05) is 29.4 Å². The van der Waals surface area contributed by atoms with Crippen molar-refractivity contribution in [3.05, 3.63) is 23.3 Å². The lowest BCUT2D eigenvalue weighted by Gasteiger charge is -2.65. The molecule has 3 aliphatic carbocycles. The summed E-state index contributed by atoms with van der Waals surface area (Å²) in [6, 6.07) is 0. The van der Waals surface area contributed by atoms with Crippen LogP contribution in [0, 0.1) is 22.7 Å². The Morgan fingerprint density at radius 2 is 1.86 bits per heavy atom. The molecular weight excluding hydrogens is 376 g/mol. The first-order chi connectivity index (χ1) is 13.3. The summed E-state index contributed by atoms with van der Waals surface area (Å²) in [7, 11) is 0. The Hall–Kier alpha value is -1.70. The molecule has 0 aromatic rings. The third kappa shape index (κ3) is 2.53. The molecule has 0 radical (unpaired) electrons. The van der Waals surface area contributed by atoms with Crippen molar-refractivity contribution in [1.29, 1.82) is 0 Å². The summed E-state index contributed by atoms with van der Waals surface area (Å²) in [5, 5.41) is 34.3. The fourth-order valence-corrected chi connectivity index (χ4v) is 6.61. The summed E-state index contributed by atoms with van der Waals surface area (Å²) in [5.74, 6) is -1.84. The Balaban J connectivity index is 1.91. The van der Waals surface area contributed by atoms with Gasteiger partial charge in [0.25, 0.3) is 0 Å². The van der Waals surface area contributed by atoms with E-state index in [1.807, 2.05) is 13.0 Å². The number of ether oxygens (including phenoxy) is 2. The number of allylic oxidation sites excluding steroid dienone is 1. The van der Waals surface area contributed by atoms with Gasteiger partial charge in [-0.3, -0.25) is 4.79 Å². The Bertz CT molecular complexity index is 827. The molecule has 2 saturated carbocycles. The second-order valence-electron chi connectivity index (χ2n) is 9.93. The van der Waals surface area contributed by atoms with E-state index in [1.165, 1.54) is 6.92 Å². The van der Waals surface area contributed by atoms with E-state index < -0.39 is 53.3 Å². The number of carbonyl (C=O) groups is 2. The zero-order valence-corrected chi connectivity index (χ0v) is 17.5. The highest BCUT2D eigenvalue weighted by Crippen LogP contribution is 2.65. The maximum Gasteiger partial charge on any atom is 0.334 e. The van der Waals surface area contributed by atoms with Crippen molar-refractivity contribution in [2.45, 2.75) is 77.5 Å². The van der Waals surface area contributed by atoms with E-state index in [4.69, 9.17) is 9.47 Å². The number of hydrogen-bond acceptors (Lipinski definition) is 7. The van der Waals surface area contributed by atoms with Crippen LogP contribution in [0.2, 0.25) is 0 Å². The molecule has 0 bridgehead atoms. The first kappa shape index (κ1) is 20.6. The van der Waals surface area contributed by atoms with Crippen molar-refractivity contribution in [3.63, 3.8) is 0 Å². The van der Waals surface area contributed by atoms with Gasteiger partial charge in [-0.05, 0) is 31.1 Å². The predicted octanol–water partition coefficient (Wildman–Crippen LogP) is 1.25. The first-order valence-corrected chi connectivity index (χ1v) is 10.2. The normalized spacial score (nSPS) is 47.8.